The molecule has 1 aromatic carbocycles. The maximum Gasteiger partial charge on any atom is 0.340 e. The predicted octanol–water partition coefficient (Wildman–Crippen LogP) is 3.85. The summed E-state index contributed by atoms with van der Waals surface area (Å²) in [6, 6.07) is 9.35. The van der Waals surface area contributed by atoms with Crippen LogP contribution >= 0.6 is 0 Å². The Hall–Kier alpha value is -2.89. The molecular formula is C23H28N2O4. The third kappa shape index (κ3) is 4.75. The second-order valence-electron chi connectivity index (χ2n) is 8.67. The highest BCUT2D eigenvalue weighted by molar-refractivity contribution is 6.05. The third-order valence-corrected chi connectivity index (χ3v) is 5.22. The summed E-state index contributed by atoms with van der Waals surface area (Å²) in [6.07, 6.45) is 2.23. The zero-order chi connectivity index (χ0) is 21.3. The van der Waals surface area contributed by atoms with Gasteiger partial charge in [-0.15, -0.1) is 0 Å². The van der Waals surface area contributed by atoms with Crippen molar-refractivity contribution in [1.29, 1.82) is 0 Å². The fourth-order valence-electron chi connectivity index (χ4n) is 3.44. The zero-order valence-electron chi connectivity index (χ0n) is 17.7. The minimum absolute atomic E-state index is 0.0199. The van der Waals surface area contributed by atoms with Crippen molar-refractivity contribution in [2.24, 2.45) is 0 Å². The zero-order valence-corrected chi connectivity index (χ0v) is 17.7. The Balaban J connectivity index is 1.55. The Bertz CT molecular complexity index is 944. The number of nitrogens with zero attached hydrogens (tertiary/aromatic N) is 1. The van der Waals surface area contributed by atoms with Crippen LogP contribution in [-0.2, 0) is 14.9 Å². The second kappa shape index (κ2) is 7.85. The number of hydrogen-bond donors (Lipinski definition) is 1. The average Bonchev–Trinajstić information content (AvgIpc) is 3.44. The maximum atomic E-state index is 12.4. The number of amides is 2. The molecule has 1 aliphatic rings. The molecule has 1 heterocycles. The van der Waals surface area contributed by atoms with Crippen molar-refractivity contribution in [3.05, 3.63) is 58.4 Å². The van der Waals surface area contributed by atoms with Crippen molar-refractivity contribution in [3.8, 4) is 0 Å². The van der Waals surface area contributed by atoms with Crippen molar-refractivity contribution >= 4 is 17.8 Å². The molecule has 1 aromatic heterocycles. The molecule has 0 atom stereocenters. The minimum atomic E-state index is -0.653. The van der Waals surface area contributed by atoms with E-state index in [0.29, 0.717) is 17.2 Å². The van der Waals surface area contributed by atoms with E-state index in [1.807, 2.05) is 26.0 Å². The normalized spacial score (nSPS) is 13.8. The Morgan fingerprint density at radius 3 is 2.28 bits per heavy atom. The first-order valence-corrected chi connectivity index (χ1v) is 9.88. The van der Waals surface area contributed by atoms with Crippen molar-refractivity contribution in [2.45, 2.75) is 58.9 Å². The number of nitrogens with one attached hydrogen (secondary N) is 1. The largest absolute Gasteiger partial charge is 0.452 e. The van der Waals surface area contributed by atoms with Crippen LogP contribution in [0.15, 0.2) is 30.3 Å². The van der Waals surface area contributed by atoms with Gasteiger partial charge in [-0.05, 0) is 55.9 Å². The van der Waals surface area contributed by atoms with E-state index in [0.717, 1.165) is 29.8 Å². The molecule has 0 spiro atoms. The molecule has 6 heteroatoms. The van der Waals surface area contributed by atoms with E-state index in [1.165, 1.54) is 0 Å². The summed E-state index contributed by atoms with van der Waals surface area (Å²) < 4.78 is 7.26. The van der Waals surface area contributed by atoms with Gasteiger partial charge in [-0.25, -0.2) is 4.79 Å². The van der Waals surface area contributed by atoms with Gasteiger partial charge in [0.05, 0.1) is 5.56 Å². The number of carbonyl (C=O) groups is 3. The quantitative estimate of drug-likeness (QED) is 0.779. The molecule has 0 saturated heterocycles. The van der Waals surface area contributed by atoms with E-state index in [2.05, 4.69) is 30.7 Å². The number of aryl methyl sites for hydroxylation is 1. The molecule has 1 fully saturated rings. The Kier molecular flexibility index (Phi) is 5.64. The molecule has 0 radical (unpaired) electrons. The van der Waals surface area contributed by atoms with Crippen LogP contribution in [0.3, 0.4) is 0 Å². The predicted molar refractivity (Wildman–Crippen MR) is 110 cm³/mol. The van der Waals surface area contributed by atoms with Gasteiger partial charge in [0.2, 0.25) is 0 Å². The minimum Gasteiger partial charge on any atom is -0.452 e. The SMILES string of the molecule is Cc1cc(C(=O)OCC(=O)NC(=O)c2ccc(C(C)(C)C)cc2)c(C)n1C1CC1. The molecule has 6 nitrogen and oxygen atoms in total. The van der Waals surface area contributed by atoms with Gasteiger partial charge < -0.3 is 9.30 Å². The molecule has 0 aliphatic heterocycles. The molecule has 0 unspecified atom stereocenters. The van der Waals surface area contributed by atoms with Crippen molar-refractivity contribution in [3.63, 3.8) is 0 Å². The van der Waals surface area contributed by atoms with Gasteiger partial charge in [-0.1, -0.05) is 32.9 Å². The molecule has 2 aromatic rings. The van der Waals surface area contributed by atoms with E-state index >= 15 is 0 Å². The van der Waals surface area contributed by atoms with E-state index in [-0.39, 0.29) is 5.41 Å². The van der Waals surface area contributed by atoms with Gasteiger partial charge in [0.15, 0.2) is 6.61 Å². The van der Waals surface area contributed by atoms with Gasteiger partial charge in [0.25, 0.3) is 11.8 Å². The van der Waals surface area contributed by atoms with Crippen LogP contribution in [-0.4, -0.2) is 29.0 Å². The van der Waals surface area contributed by atoms with Gasteiger partial charge >= 0.3 is 5.97 Å². The Morgan fingerprint density at radius 1 is 1.10 bits per heavy atom. The number of aromatic nitrogens is 1. The van der Waals surface area contributed by atoms with Crippen LogP contribution < -0.4 is 5.32 Å². The number of rotatable bonds is 5. The lowest BCUT2D eigenvalue weighted by atomic mass is 9.87. The average molecular weight is 396 g/mol. The van der Waals surface area contributed by atoms with Gasteiger partial charge in [0, 0.05) is 23.0 Å². The number of ether oxygens (including phenoxy) is 1. The molecule has 1 N–H and O–H groups in total. The summed E-state index contributed by atoms with van der Waals surface area (Å²) in [4.78, 5) is 36.7. The highest BCUT2D eigenvalue weighted by atomic mass is 16.5. The summed E-state index contributed by atoms with van der Waals surface area (Å²) in [7, 11) is 0. The van der Waals surface area contributed by atoms with E-state index in [4.69, 9.17) is 4.74 Å². The number of hydrogen-bond acceptors (Lipinski definition) is 4. The van der Waals surface area contributed by atoms with Gasteiger partial charge in [-0.2, -0.15) is 0 Å². The molecule has 0 bridgehead atoms. The number of carbonyl (C=O) groups excluding carboxylic acids is 3. The fourth-order valence-corrected chi connectivity index (χ4v) is 3.44. The lowest BCUT2D eigenvalue weighted by Gasteiger charge is -2.19. The molecule has 3 rings (SSSR count). The van der Waals surface area contributed by atoms with E-state index in [9.17, 15) is 14.4 Å². The first-order valence-electron chi connectivity index (χ1n) is 9.88. The first kappa shape index (κ1) is 20.8. The first-order chi connectivity index (χ1) is 13.6. The monoisotopic (exact) mass is 396 g/mol. The highest BCUT2D eigenvalue weighted by Crippen LogP contribution is 2.38. The highest BCUT2D eigenvalue weighted by Gasteiger charge is 2.29. The molecule has 29 heavy (non-hydrogen) atoms. The van der Waals surface area contributed by atoms with E-state index < -0.39 is 24.4 Å². The molecule has 1 aliphatic carbocycles. The van der Waals surface area contributed by atoms with Crippen molar-refractivity contribution in [1.82, 2.24) is 9.88 Å². The standard InChI is InChI=1S/C23H28N2O4/c1-14-12-19(15(2)25(14)18-10-11-18)22(28)29-13-20(26)24-21(27)16-6-8-17(9-7-16)23(3,4)5/h6-9,12,18H,10-11,13H2,1-5H3,(H,24,26,27). The van der Waals surface area contributed by atoms with Crippen LogP contribution in [0.4, 0.5) is 0 Å². The van der Waals surface area contributed by atoms with Crippen molar-refractivity contribution < 1.29 is 19.1 Å². The van der Waals surface area contributed by atoms with Crippen molar-refractivity contribution in [2.75, 3.05) is 6.61 Å². The summed E-state index contributed by atoms with van der Waals surface area (Å²) in [5.41, 5.74) is 3.78. The van der Waals surface area contributed by atoms with Gasteiger partial charge in [0.1, 0.15) is 0 Å². The summed E-state index contributed by atoms with van der Waals surface area (Å²) in [5.74, 6) is -1.72. The topological polar surface area (TPSA) is 77.4 Å². The molecular weight excluding hydrogens is 368 g/mol. The number of imide groups is 1. The smallest absolute Gasteiger partial charge is 0.340 e. The van der Waals surface area contributed by atoms with Crippen LogP contribution in [0.25, 0.3) is 0 Å². The summed E-state index contributed by atoms with van der Waals surface area (Å²) >= 11 is 0. The van der Waals surface area contributed by atoms with Crippen LogP contribution in [0.1, 0.15) is 77.3 Å². The van der Waals surface area contributed by atoms with Crippen LogP contribution in [0.5, 0.6) is 0 Å². The third-order valence-electron chi connectivity index (χ3n) is 5.22. The maximum absolute atomic E-state index is 12.4. The number of benzene rings is 1. The van der Waals surface area contributed by atoms with E-state index in [1.54, 1.807) is 18.2 Å². The Labute approximate surface area is 171 Å². The Morgan fingerprint density at radius 2 is 1.72 bits per heavy atom. The fraction of sp³-hybridized carbons (Fsp3) is 0.435. The van der Waals surface area contributed by atoms with Crippen LogP contribution in [0.2, 0.25) is 0 Å². The lowest BCUT2D eigenvalue weighted by molar-refractivity contribution is -0.123. The molecule has 154 valence electrons. The van der Waals surface area contributed by atoms with Gasteiger partial charge in [-0.3, -0.25) is 14.9 Å². The molecule has 2 amide bonds. The number of esters is 1. The van der Waals surface area contributed by atoms with Crippen LogP contribution in [0, 0.1) is 13.8 Å². The summed E-state index contributed by atoms with van der Waals surface area (Å²) in [6.45, 7) is 9.59. The molecule has 1 saturated carbocycles. The summed E-state index contributed by atoms with van der Waals surface area (Å²) in [5, 5.41) is 2.26. The lowest BCUT2D eigenvalue weighted by Crippen LogP contribution is -2.34. The second-order valence-corrected chi connectivity index (χ2v) is 8.67.